The lowest BCUT2D eigenvalue weighted by Crippen LogP contribution is -2.53. The Morgan fingerprint density at radius 2 is 2.24 bits per heavy atom. The van der Waals surface area contributed by atoms with Crippen LogP contribution in [0.15, 0.2) is 0 Å². The molecule has 0 radical (unpaired) electrons. The van der Waals surface area contributed by atoms with Gasteiger partial charge >= 0.3 is 0 Å². The average Bonchev–Trinajstić information content (AvgIpc) is 2.27. The van der Waals surface area contributed by atoms with Crippen LogP contribution in [0.3, 0.4) is 0 Å². The summed E-state index contributed by atoms with van der Waals surface area (Å²) in [4.78, 5) is 13.9. The molecule has 0 spiro atoms. The maximum atomic E-state index is 11.6. The summed E-state index contributed by atoms with van der Waals surface area (Å²) in [6, 6.07) is 0. The Bertz CT molecular complexity index is 281. The molecule has 1 rings (SSSR count). The molecule has 1 aliphatic heterocycles. The third kappa shape index (κ3) is 3.66. The van der Waals surface area contributed by atoms with Gasteiger partial charge in [-0.1, -0.05) is 0 Å². The summed E-state index contributed by atoms with van der Waals surface area (Å²) in [7, 11) is 1.75. The summed E-state index contributed by atoms with van der Waals surface area (Å²) in [5.74, 6) is 5.08. The Kier molecular flexibility index (Phi) is 4.52. The Morgan fingerprint density at radius 1 is 1.59 bits per heavy atom. The van der Waals surface area contributed by atoms with E-state index < -0.39 is 5.41 Å². The molecule has 100 valence electrons. The molecule has 0 aromatic heterocycles. The Morgan fingerprint density at radius 3 is 2.76 bits per heavy atom. The van der Waals surface area contributed by atoms with Gasteiger partial charge in [0.1, 0.15) is 0 Å². The van der Waals surface area contributed by atoms with Gasteiger partial charge in [-0.15, -0.1) is 0 Å². The molecule has 0 aromatic carbocycles. The van der Waals surface area contributed by atoms with Gasteiger partial charge in [0.15, 0.2) is 0 Å². The predicted molar refractivity (Wildman–Crippen MR) is 67.2 cm³/mol. The minimum Gasteiger partial charge on any atom is -0.377 e. The van der Waals surface area contributed by atoms with Crippen LogP contribution in [0.2, 0.25) is 0 Å². The fourth-order valence-electron chi connectivity index (χ4n) is 2.44. The second kappa shape index (κ2) is 5.33. The number of methoxy groups -OCH3 is 1. The zero-order chi connectivity index (χ0) is 13.1. The van der Waals surface area contributed by atoms with Gasteiger partial charge in [0.05, 0.1) is 11.0 Å². The first-order valence-electron chi connectivity index (χ1n) is 6.11. The third-order valence-corrected chi connectivity index (χ3v) is 3.60. The lowest BCUT2D eigenvalue weighted by molar-refractivity contribution is -0.131. The molecule has 0 aromatic rings. The van der Waals surface area contributed by atoms with E-state index in [0.29, 0.717) is 6.54 Å². The molecule has 0 bridgehead atoms. The van der Waals surface area contributed by atoms with Gasteiger partial charge in [-0.3, -0.25) is 15.1 Å². The number of carbonyl (C=O) groups excluding carboxylic acids is 1. The van der Waals surface area contributed by atoms with E-state index in [-0.39, 0.29) is 11.5 Å². The summed E-state index contributed by atoms with van der Waals surface area (Å²) in [5, 5.41) is 0. The van der Waals surface area contributed by atoms with Crippen LogP contribution >= 0.6 is 0 Å². The van der Waals surface area contributed by atoms with E-state index >= 15 is 0 Å². The van der Waals surface area contributed by atoms with Crippen molar-refractivity contribution in [3.63, 3.8) is 0 Å². The van der Waals surface area contributed by atoms with E-state index in [1.165, 1.54) is 0 Å². The minimum atomic E-state index is -0.471. The van der Waals surface area contributed by atoms with Crippen molar-refractivity contribution in [3.05, 3.63) is 0 Å². The van der Waals surface area contributed by atoms with Crippen molar-refractivity contribution in [3.8, 4) is 0 Å². The van der Waals surface area contributed by atoms with Gasteiger partial charge in [-0.2, -0.15) is 0 Å². The summed E-state index contributed by atoms with van der Waals surface area (Å²) in [5.41, 5.74) is 1.67. The van der Waals surface area contributed by atoms with Crippen molar-refractivity contribution in [2.45, 2.75) is 39.2 Å². The minimum absolute atomic E-state index is 0.0898. The molecule has 1 amide bonds. The van der Waals surface area contributed by atoms with Gasteiger partial charge in [0.2, 0.25) is 5.91 Å². The average molecular weight is 243 g/mol. The van der Waals surface area contributed by atoms with Crippen molar-refractivity contribution in [1.29, 1.82) is 0 Å². The van der Waals surface area contributed by atoms with Gasteiger partial charge in [0, 0.05) is 20.2 Å². The molecule has 1 aliphatic rings. The van der Waals surface area contributed by atoms with Gasteiger partial charge in [-0.25, -0.2) is 5.84 Å². The smallest absolute Gasteiger partial charge is 0.240 e. The molecule has 1 saturated heterocycles. The highest BCUT2D eigenvalue weighted by Crippen LogP contribution is 2.26. The Labute approximate surface area is 104 Å². The van der Waals surface area contributed by atoms with Crippen LogP contribution in [0.4, 0.5) is 0 Å². The number of carbonyl (C=O) groups is 1. The fourth-order valence-corrected chi connectivity index (χ4v) is 2.44. The van der Waals surface area contributed by atoms with E-state index in [0.717, 1.165) is 25.9 Å². The number of nitrogens with one attached hydrogen (secondary N) is 1. The highest BCUT2D eigenvalue weighted by Gasteiger charge is 2.35. The third-order valence-electron chi connectivity index (χ3n) is 3.60. The van der Waals surface area contributed by atoms with E-state index in [4.69, 9.17) is 10.6 Å². The number of rotatable bonds is 4. The molecular weight excluding hydrogens is 218 g/mol. The van der Waals surface area contributed by atoms with Crippen LogP contribution in [-0.2, 0) is 9.53 Å². The summed E-state index contributed by atoms with van der Waals surface area (Å²) in [6.07, 6.45) is 2.17. The molecule has 1 fully saturated rings. The first-order valence-corrected chi connectivity index (χ1v) is 6.11. The monoisotopic (exact) mass is 243 g/mol. The molecular formula is C12H25N3O2. The zero-order valence-electron chi connectivity index (χ0n) is 11.4. The van der Waals surface area contributed by atoms with Crippen LogP contribution < -0.4 is 11.3 Å². The van der Waals surface area contributed by atoms with Crippen LogP contribution in [0.1, 0.15) is 33.6 Å². The van der Waals surface area contributed by atoms with Crippen molar-refractivity contribution in [1.82, 2.24) is 10.3 Å². The quantitative estimate of drug-likeness (QED) is 0.429. The summed E-state index contributed by atoms with van der Waals surface area (Å²) >= 11 is 0. The number of hydrogen-bond donors (Lipinski definition) is 2. The normalized spacial score (nSPS) is 26.9. The first-order chi connectivity index (χ1) is 7.83. The van der Waals surface area contributed by atoms with Crippen LogP contribution in [0.25, 0.3) is 0 Å². The maximum absolute atomic E-state index is 11.6. The van der Waals surface area contributed by atoms with Crippen LogP contribution in [0, 0.1) is 5.41 Å². The molecule has 3 N–H and O–H groups in total. The van der Waals surface area contributed by atoms with E-state index in [2.05, 4.69) is 17.2 Å². The highest BCUT2D eigenvalue weighted by molar-refractivity contribution is 5.81. The van der Waals surface area contributed by atoms with Crippen LogP contribution in [0.5, 0.6) is 0 Å². The lowest BCUT2D eigenvalue weighted by atomic mass is 9.88. The standard InChI is InChI=1S/C12H25N3O2/c1-11(2,10(16)14-13)8-15-7-5-6-12(3,9-15)17-4/h5-9,13H2,1-4H3,(H,14,16). The van der Waals surface area contributed by atoms with Gasteiger partial charge in [0.25, 0.3) is 0 Å². The Hall–Kier alpha value is -0.650. The number of amides is 1. The lowest BCUT2D eigenvalue weighted by Gasteiger charge is -2.42. The number of hydrogen-bond acceptors (Lipinski definition) is 4. The number of hydrazine groups is 1. The second-order valence-electron chi connectivity index (χ2n) is 5.83. The van der Waals surface area contributed by atoms with Crippen LogP contribution in [-0.4, -0.2) is 43.2 Å². The molecule has 1 heterocycles. The summed E-state index contributed by atoms with van der Waals surface area (Å²) in [6.45, 7) is 8.52. The predicted octanol–water partition coefficient (Wildman–Crippen LogP) is 0.503. The van der Waals surface area contributed by atoms with E-state index in [9.17, 15) is 4.79 Å². The molecule has 0 aliphatic carbocycles. The molecule has 1 unspecified atom stereocenters. The van der Waals surface area contributed by atoms with Crippen molar-refractivity contribution in [2.75, 3.05) is 26.7 Å². The van der Waals surface area contributed by atoms with E-state index in [1.807, 2.05) is 13.8 Å². The maximum Gasteiger partial charge on any atom is 0.240 e. The highest BCUT2D eigenvalue weighted by atomic mass is 16.5. The van der Waals surface area contributed by atoms with Crippen molar-refractivity contribution >= 4 is 5.91 Å². The van der Waals surface area contributed by atoms with Gasteiger partial charge in [-0.05, 0) is 40.2 Å². The number of likely N-dealkylation sites (tertiary alicyclic amines) is 1. The summed E-state index contributed by atoms with van der Waals surface area (Å²) < 4.78 is 5.54. The SMILES string of the molecule is COC1(C)CCCN(CC(C)(C)C(=O)NN)C1. The number of piperidine rings is 1. The zero-order valence-corrected chi connectivity index (χ0v) is 11.4. The molecule has 1 atom stereocenters. The van der Waals surface area contributed by atoms with Crippen molar-refractivity contribution in [2.24, 2.45) is 11.3 Å². The Balaban J connectivity index is 2.60. The molecule has 17 heavy (non-hydrogen) atoms. The molecule has 5 nitrogen and oxygen atoms in total. The largest absolute Gasteiger partial charge is 0.377 e. The topological polar surface area (TPSA) is 67.6 Å². The molecule has 5 heteroatoms. The first kappa shape index (κ1) is 14.4. The van der Waals surface area contributed by atoms with Gasteiger partial charge < -0.3 is 4.74 Å². The number of nitrogens with two attached hydrogens (primary N) is 1. The number of nitrogens with zero attached hydrogens (tertiary/aromatic N) is 1. The fraction of sp³-hybridized carbons (Fsp3) is 0.917. The number of ether oxygens (including phenoxy) is 1. The molecule has 0 saturated carbocycles. The van der Waals surface area contributed by atoms with Crippen molar-refractivity contribution < 1.29 is 9.53 Å². The van der Waals surface area contributed by atoms with E-state index in [1.54, 1.807) is 7.11 Å². The second-order valence-corrected chi connectivity index (χ2v) is 5.83.